The van der Waals surface area contributed by atoms with Gasteiger partial charge in [0.05, 0.1) is 26.9 Å². The van der Waals surface area contributed by atoms with Crippen LogP contribution in [0.2, 0.25) is 0 Å². The minimum absolute atomic E-state index is 0.0143. The molecule has 4 rings (SSSR count). The first-order valence-corrected chi connectivity index (χ1v) is 8.92. The van der Waals surface area contributed by atoms with Crippen molar-refractivity contribution in [2.75, 3.05) is 5.43 Å². The molecule has 0 fully saturated rings. The first-order chi connectivity index (χ1) is 13.1. The molecule has 0 saturated heterocycles. The number of nitrogens with one attached hydrogen (secondary N) is 1. The van der Waals surface area contributed by atoms with Gasteiger partial charge in [0.1, 0.15) is 11.5 Å². The third kappa shape index (κ3) is 3.56. The molecule has 0 aliphatic carbocycles. The topological polar surface area (TPSA) is 93.6 Å². The van der Waals surface area contributed by atoms with Crippen LogP contribution in [0.25, 0.3) is 21.5 Å². The molecule has 0 unspecified atom stereocenters. The van der Waals surface area contributed by atoms with E-state index in [0.717, 1.165) is 15.8 Å². The number of fused-ring (bicyclic) bond motifs is 1. The third-order valence-electron chi connectivity index (χ3n) is 3.89. The highest BCUT2D eigenvalue weighted by Gasteiger charge is 2.18. The Morgan fingerprint density at radius 1 is 1.22 bits per heavy atom. The van der Waals surface area contributed by atoms with E-state index in [1.807, 2.05) is 37.3 Å². The summed E-state index contributed by atoms with van der Waals surface area (Å²) in [5.41, 5.74) is 5.05. The summed E-state index contributed by atoms with van der Waals surface area (Å²) in [6.45, 7) is 1.81. The number of hydrazone groups is 1. The Morgan fingerprint density at radius 3 is 2.89 bits per heavy atom. The van der Waals surface area contributed by atoms with Crippen LogP contribution in [0.1, 0.15) is 11.3 Å². The highest BCUT2D eigenvalue weighted by atomic mass is 32.1. The van der Waals surface area contributed by atoms with Crippen molar-refractivity contribution < 1.29 is 9.34 Å². The molecule has 0 radical (unpaired) electrons. The Morgan fingerprint density at radius 2 is 2.07 bits per heavy atom. The van der Waals surface area contributed by atoms with Crippen LogP contribution in [0.15, 0.2) is 64.1 Å². The minimum Gasteiger partial charge on any atom is -0.455 e. The van der Waals surface area contributed by atoms with Gasteiger partial charge in [-0.15, -0.1) is 0 Å². The van der Waals surface area contributed by atoms with Crippen LogP contribution in [0, 0.1) is 17.0 Å². The lowest BCUT2D eigenvalue weighted by Crippen LogP contribution is -1.92. The summed E-state index contributed by atoms with van der Waals surface area (Å²) in [6, 6.07) is 16.3. The number of nitrogens with zero attached hydrogens (tertiary/aromatic N) is 3. The maximum absolute atomic E-state index is 11.3. The van der Waals surface area contributed by atoms with Gasteiger partial charge in [-0.1, -0.05) is 29.5 Å². The molecule has 0 aliphatic heterocycles. The molecule has 0 spiro atoms. The predicted molar refractivity (Wildman–Crippen MR) is 106 cm³/mol. The fourth-order valence-corrected chi connectivity index (χ4v) is 3.45. The van der Waals surface area contributed by atoms with Crippen LogP contribution >= 0.6 is 11.3 Å². The van der Waals surface area contributed by atoms with Crippen LogP contribution in [0.5, 0.6) is 0 Å². The van der Waals surface area contributed by atoms with Gasteiger partial charge < -0.3 is 4.42 Å². The lowest BCUT2D eigenvalue weighted by Gasteiger charge is -2.00. The molecule has 0 aliphatic rings. The average Bonchev–Trinajstić information content (AvgIpc) is 3.28. The number of thiazole rings is 1. The first kappa shape index (κ1) is 16.9. The van der Waals surface area contributed by atoms with Gasteiger partial charge in [-0.3, -0.25) is 15.5 Å². The molecule has 8 heteroatoms. The van der Waals surface area contributed by atoms with Crippen molar-refractivity contribution in [3.8, 4) is 11.3 Å². The SMILES string of the molecule is Cc1ccc(-c2ccc(/C=N/Nc3nc4ccccc4s3)o2)c([N+](=O)[O-])c1. The zero-order valence-corrected chi connectivity index (χ0v) is 15.1. The normalized spacial score (nSPS) is 11.3. The molecular weight excluding hydrogens is 364 g/mol. The lowest BCUT2D eigenvalue weighted by molar-refractivity contribution is -0.384. The predicted octanol–water partition coefficient (Wildman–Crippen LogP) is 5.22. The molecule has 2 aromatic heterocycles. The van der Waals surface area contributed by atoms with E-state index >= 15 is 0 Å². The van der Waals surface area contributed by atoms with E-state index in [0.29, 0.717) is 22.2 Å². The summed E-state index contributed by atoms with van der Waals surface area (Å²) in [4.78, 5) is 15.3. The van der Waals surface area contributed by atoms with Crippen molar-refractivity contribution in [2.45, 2.75) is 6.92 Å². The third-order valence-corrected chi connectivity index (χ3v) is 4.83. The van der Waals surface area contributed by atoms with Crippen molar-refractivity contribution in [1.82, 2.24) is 4.98 Å². The van der Waals surface area contributed by atoms with Crippen molar-refractivity contribution >= 4 is 38.6 Å². The number of nitro groups is 1. The minimum atomic E-state index is -0.409. The van der Waals surface area contributed by atoms with E-state index in [1.165, 1.54) is 23.6 Å². The summed E-state index contributed by atoms with van der Waals surface area (Å²) in [5.74, 6) is 0.900. The number of nitro benzene ring substituents is 1. The van der Waals surface area contributed by atoms with Crippen molar-refractivity contribution in [2.24, 2.45) is 5.10 Å². The largest absolute Gasteiger partial charge is 0.455 e. The highest BCUT2D eigenvalue weighted by molar-refractivity contribution is 7.22. The molecule has 0 atom stereocenters. The Kier molecular flexibility index (Phi) is 4.39. The van der Waals surface area contributed by atoms with Gasteiger partial charge in [0, 0.05) is 6.07 Å². The number of hydrogen-bond donors (Lipinski definition) is 1. The van der Waals surface area contributed by atoms with Crippen LogP contribution in [0.3, 0.4) is 0 Å². The molecule has 0 saturated carbocycles. The summed E-state index contributed by atoms with van der Waals surface area (Å²) < 4.78 is 6.76. The van der Waals surface area contributed by atoms with Crippen LogP contribution in [-0.4, -0.2) is 16.1 Å². The van der Waals surface area contributed by atoms with Crippen molar-refractivity contribution in [1.29, 1.82) is 0 Å². The Balaban J connectivity index is 1.53. The van der Waals surface area contributed by atoms with Gasteiger partial charge in [0.25, 0.3) is 5.69 Å². The maximum atomic E-state index is 11.3. The van der Waals surface area contributed by atoms with E-state index < -0.39 is 4.92 Å². The number of aromatic nitrogens is 1. The Hall–Kier alpha value is -3.52. The molecule has 4 aromatic rings. The van der Waals surface area contributed by atoms with Crippen LogP contribution in [-0.2, 0) is 0 Å². The summed E-state index contributed by atoms with van der Waals surface area (Å²) >= 11 is 1.50. The quantitative estimate of drug-likeness (QED) is 0.292. The molecule has 134 valence electrons. The number of furan rings is 1. The highest BCUT2D eigenvalue weighted by Crippen LogP contribution is 2.31. The summed E-state index contributed by atoms with van der Waals surface area (Å²) in [7, 11) is 0. The number of anilines is 1. The number of para-hydroxylation sites is 1. The number of aryl methyl sites for hydroxylation is 1. The second kappa shape index (κ2) is 7.00. The van der Waals surface area contributed by atoms with Crippen LogP contribution < -0.4 is 5.43 Å². The van der Waals surface area contributed by atoms with E-state index in [-0.39, 0.29) is 5.69 Å². The van der Waals surface area contributed by atoms with Crippen molar-refractivity contribution in [3.63, 3.8) is 0 Å². The van der Waals surface area contributed by atoms with Gasteiger partial charge in [0.2, 0.25) is 5.13 Å². The standard InChI is InChI=1S/C19H14N4O3S/c1-12-6-8-14(16(10-12)23(24)25)17-9-7-13(26-17)11-20-22-19-21-15-4-2-3-5-18(15)27-19/h2-11H,1H3,(H,21,22)/b20-11+. The Bertz CT molecular complexity index is 1130. The van der Waals surface area contributed by atoms with Gasteiger partial charge in [-0.05, 0) is 42.8 Å². The Labute approximate surface area is 158 Å². The van der Waals surface area contributed by atoms with Gasteiger partial charge in [-0.2, -0.15) is 5.10 Å². The molecule has 7 nitrogen and oxygen atoms in total. The summed E-state index contributed by atoms with van der Waals surface area (Å²) in [6.07, 6.45) is 1.51. The molecular formula is C19H14N4O3S. The second-order valence-corrected chi connectivity index (χ2v) is 6.87. The number of hydrogen-bond acceptors (Lipinski definition) is 7. The van der Waals surface area contributed by atoms with Gasteiger partial charge in [-0.25, -0.2) is 4.98 Å². The smallest absolute Gasteiger partial charge is 0.280 e. The maximum Gasteiger partial charge on any atom is 0.280 e. The number of benzene rings is 2. The molecule has 0 bridgehead atoms. The van der Waals surface area contributed by atoms with E-state index in [4.69, 9.17) is 4.42 Å². The molecule has 27 heavy (non-hydrogen) atoms. The van der Waals surface area contributed by atoms with E-state index in [9.17, 15) is 10.1 Å². The first-order valence-electron chi connectivity index (χ1n) is 8.10. The molecule has 2 heterocycles. The molecule has 0 amide bonds. The van der Waals surface area contributed by atoms with Crippen LogP contribution in [0.4, 0.5) is 10.8 Å². The van der Waals surface area contributed by atoms with Gasteiger partial charge in [0.15, 0.2) is 0 Å². The fourth-order valence-electron chi connectivity index (χ4n) is 2.64. The average molecular weight is 378 g/mol. The van der Waals surface area contributed by atoms with Crippen molar-refractivity contribution in [3.05, 3.63) is 76.0 Å². The van der Waals surface area contributed by atoms with Gasteiger partial charge >= 0.3 is 0 Å². The molecule has 2 aromatic carbocycles. The van der Waals surface area contributed by atoms with E-state index in [1.54, 1.807) is 18.2 Å². The van der Waals surface area contributed by atoms with E-state index in [2.05, 4.69) is 15.5 Å². The zero-order chi connectivity index (χ0) is 18.8. The fraction of sp³-hybridized carbons (Fsp3) is 0.0526. The second-order valence-electron chi connectivity index (χ2n) is 5.84. The monoisotopic (exact) mass is 378 g/mol. The number of rotatable bonds is 5. The lowest BCUT2D eigenvalue weighted by atomic mass is 10.1. The summed E-state index contributed by atoms with van der Waals surface area (Å²) in [5, 5.41) is 16.1. The molecule has 1 N–H and O–H groups in total. The zero-order valence-electron chi connectivity index (χ0n) is 14.2.